The average Bonchev–Trinajstić information content (AvgIpc) is 3.41. The molecule has 0 spiro atoms. The van der Waals surface area contributed by atoms with Crippen molar-refractivity contribution in [3.05, 3.63) is 70.8 Å². The minimum atomic E-state index is -3.26. The summed E-state index contributed by atoms with van der Waals surface area (Å²) in [5.41, 5.74) is 5.00. The first-order valence-electron chi connectivity index (χ1n) is 13.4. The maximum atomic E-state index is 12.2. The van der Waals surface area contributed by atoms with E-state index in [-0.39, 0.29) is 10.8 Å². The number of allylic oxidation sites excluding steroid dienone is 4. The molecule has 0 N–H and O–H groups in total. The van der Waals surface area contributed by atoms with Crippen molar-refractivity contribution in [2.24, 2.45) is 5.41 Å². The van der Waals surface area contributed by atoms with Gasteiger partial charge in [0.05, 0.1) is 45.8 Å². The van der Waals surface area contributed by atoms with E-state index < -0.39 is 9.84 Å². The van der Waals surface area contributed by atoms with Crippen molar-refractivity contribution in [2.75, 3.05) is 36.3 Å². The summed E-state index contributed by atoms with van der Waals surface area (Å²) in [6.45, 7) is 10.7. The van der Waals surface area contributed by atoms with Crippen LogP contribution in [-0.4, -0.2) is 40.2 Å². The molecular formula is C30H36N2O4S4. The van der Waals surface area contributed by atoms with Crippen LogP contribution in [0.3, 0.4) is 0 Å². The summed E-state index contributed by atoms with van der Waals surface area (Å²) in [5, 5.41) is 1.37. The number of likely N-dealkylation sites (N-methyl/N-ethyl adjacent to an activating group) is 1. The monoisotopic (exact) mass is 616 g/mol. The molecule has 5 rings (SSSR count). The highest BCUT2D eigenvalue weighted by molar-refractivity contribution is 8.03. The van der Waals surface area contributed by atoms with Gasteiger partial charge < -0.3 is 9.80 Å². The Bertz CT molecular complexity index is 1500. The van der Waals surface area contributed by atoms with Crippen LogP contribution in [0.2, 0.25) is 0 Å². The van der Waals surface area contributed by atoms with Gasteiger partial charge in [0.1, 0.15) is 0 Å². The number of fused-ring (bicyclic) bond motifs is 2. The molecule has 1 atom stereocenters. The van der Waals surface area contributed by atoms with E-state index in [2.05, 4.69) is 73.9 Å². The summed E-state index contributed by atoms with van der Waals surface area (Å²) < 4.78 is 29.4. The van der Waals surface area contributed by atoms with Crippen molar-refractivity contribution in [1.82, 2.24) is 0 Å². The first kappa shape index (κ1) is 29.7. The Balaban J connectivity index is 1.43. The van der Waals surface area contributed by atoms with E-state index in [1.54, 1.807) is 17.8 Å². The Hall–Kier alpha value is -1.82. The highest BCUT2D eigenvalue weighted by Gasteiger charge is 2.32. The molecule has 1 unspecified atom stereocenters. The molecule has 0 fully saturated rings. The highest BCUT2D eigenvalue weighted by atomic mass is 32.2. The summed E-state index contributed by atoms with van der Waals surface area (Å²) in [6, 6.07) is 11.9. The van der Waals surface area contributed by atoms with Gasteiger partial charge in [-0.05, 0) is 91.8 Å². The lowest BCUT2D eigenvalue weighted by Gasteiger charge is -2.32. The lowest BCUT2D eigenvalue weighted by atomic mass is 9.75. The third-order valence-corrected chi connectivity index (χ3v) is 11.3. The maximum Gasteiger partial charge on any atom is 0.175 e. The molecule has 0 bridgehead atoms. The minimum Gasteiger partial charge on any atom is -0.355 e. The number of hydrogen-bond acceptors (Lipinski definition) is 9. The van der Waals surface area contributed by atoms with Crippen molar-refractivity contribution >= 4 is 56.8 Å². The smallest absolute Gasteiger partial charge is 0.175 e. The number of nitrogens with zero attached hydrogens (tertiary/aromatic N) is 2. The van der Waals surface area contributed by atoms with Gasteiger partial charge in [-0.3, -0.25) is 0 Å². The van der Waals surface area contributed by atoms with E-state index in [9.17, 15) is 8.42 Å². The van der Waals surface area contributed by atoms with Crippen LogP contribution in [-0.2, 0) is 19.1 Å². The lowest BCUT2D eigenvalue weighted by molar-refractivity contribution is -0.160. The highest BCUT2D eigenvalue weighted by Crippen LogP contribution is 2.50. The number of thioether (sulfide) groups is 2. The van der Waals surface area contributed by atoms with E-state index in [0.29, 0.717) is 4.90 Å². The molecule has 2 heterocycles. The Morgan fingerprint density at radius 2 is 1.85 bits per heavy atom. The van der Waals surface area contributed by atoms with Crippen LogP contribution < -0.4 is 9.80 Å². The van der Waals surface area contributed by atoms with Gasteiger partial charge in [-0.15, -0.1) is 0 Å². The first-order chi connectivity index (χ1) is 19.0. The van der Waals surface area contributed by atoms with Gasteiger partial charge in [0.15, 0.2) is 9.84 Å². The molecule has 6 nitrogen and oxygen atoms in total. The van der Waals surface area contributed by atoms with Crippen LogP contribution in [0.15, 0.2) is 90.4 Å². The lowest BCUT2D eigenvalue weighted by Crippen LogP contribution is -2.28. The molecule has 0 radical (unpaired) electrons. The quantitative estimate of drug-likeness (QED) is 0.166. The third-order valence-electron chi connectivity index (χ3n) is 7.18. The molecule has 0 saturated carbocycles. The minimum absolute atomic E-state index is 0.137. The Labute approximate surface area is 251 Å². The van der Waals surface area contributed by atoms with Crippen LogP contribution in [0.4, 0.5) is 11.4 Å². The number of benzene rings is 2. The summed E-state index contributed by atoms with van der Waals surface area (Å²) >= 11 is 4.83. The van der Waals surface area contributed by atoms with Crippen molar-refractivity contribution in [1.29, 1.82) is 0 Å². The SMILES string of the molecule is CCN1C(=CC2=CC(=CC3Sc4ccc(SOOC)cc4N3CC)CC(C)(C)C2)Sc2ccc(S(C)(=O)=O)cc21. The topological polar surface area (TPSA) is 59.1 Å². The molecule has 2 aromatic rings. The van der Waals surface area contributed by atoms with Gasteiger partial charge in [-0.1, -0.05) is 43.4 Å². The van der Waals surface area contributed by atoms with E-state index >= 15 is 0 Å². The molecule has 214 valence electrons. The second kappa shape index (κ2) is 11.8. The molecule has 2 aromatic carbocycles. The molecule has 0 aromatic heterocycles. The molecule has 1 aliphatic carbocycles. The second-order valence-corrected chi connectivity index (χ2v) is 16.0. The van der Waals surface area contributed by atoms with Crippen LogP contribution in [0.1, 0.15) is 40.5 Å². The van der Waals surface area contributed by atoms with Crippen molar-refractivity contribution < 1.29 is 17.6 Å². The number of anilines is 2. The number of hydrogen-bond donors (Lipinski definition) is 0. The fourth-order valence-electron chi connectivity index (χ4n) is 5.55. The zero-order valence-electron chi connectivity index (χ0n) is 23.8. The van der Waals surface area contributed by atoms with E-state index in [1.165, 1.54) is 47.1 Å². The molecule has 2 aliphatic heterocycles. The van der Waals surface area contributed by atoms with E-state index in [4.69, 9.17) is 9.22 Å². The van der Waals surface area contributed by atoms with Crippen LogP contribution >= 0.6 is 35.6 Å². The second-order valence-electron chi connectivity index (χ2n) is 11.0. The molecule has 10 heteroatoms. The third kappa shape index (κ3) is 6.32. The summed E-state index contributed by atoms with van der Waals surface area (Å²) in [6.07, 6.45) is 10.4. The largest absolute Gasteiger partial charge is 0.355 e. The average molecular weight is 617 g/mol. The fourth-order valence-corrected chi connectivity index (χ4v) is 9.14. The van der Waals surface area contributed by atoms with Gasteiger partial charge in [0.2, 0.25) is 0 Å². The maximum absolute atomic E-state index is 12.2. The number of rotatable bonds is 8. The summed E-state index contributed by atoms with van der Waals surface area (Å²) in [5.74, 6) is 0. The van der Waals surface area contributed by atoms with Crippen molar-refractivity contribution in [3.8, 4) is 0 Å². The molecule has 40 heavy (non-hydrogen) atoms. The first-order valence-corrected chi connectivity index (χ1v) is 17.7. The Morgan fingerprint density at radius 1 is 1.07 bits per heavy atom. The zero-order valence-corrected chi connectivity index (χ0v) is 27.0. The van der Waals surface area contributed by atoms with Crippen LogP contribution in [0.25, 0.3) is 0 Å². The van der Waals surface area contributed by atoms with E-state index in [1.807, 2.05) is 23.9 Å². The van der Waals surface area contributed by atoms with Gasteiger partial charge >= 0.3 is 0 Å². The Morgan fingerprint density at radius 3 is 2.55 bits per heavy atom. The zero-order chi connectivity index (χ0) is 28.7. The van der Waals surface area contributed by atoms with Gasteiger partial charge in [0, 0.05) is 34.0 Å². The Kier molecular flexibility index (Phi) is 8.76. The summed E-state index contributed by atoms with van der Waals surface area (Å²) in [7, 11) is -1.75. The normalized spacial score (nSPS) is 22.1. The van der Waals surface area contributed by atoms with Crippen molar-refractivity contribution in [3.63, 3.8) is 0 Å². The molecule has 0 saturated heterocycles. The predicted octanol–water partition coefficient (Wildman–Crippen LogP) is 8.08. The molecule has 0 amide bonds. The van der Waals surface area contributed by atoms with Crippen LogP contribution in [0, 0.1) is 5.41 Å². The standard InChI is InChI=1S/C30H36N2O4S4/c1-7-31-24-16-22(39-36-35-5)9-11-26(24)37-28(31)14-20-13-21(19-30(3,4)18-20)15-29-32(8-2)25-17-23(40(6,33)34)10-12-27(25)38-29/h9-17,28H,7-8,18-19H2,1-6H3. The van der Waals surface area contributed by atoms with E-state index in [0.717, 1.165) is 46.4 Å². The van der Waals surface area contributed by atoms with Gasteiger partial charge in [0.25, 0.3) is 0 Å². The number of sulfone groups is 1. The molecule has 3 aliphatic rings. The van der Waals surface area contributed by atoms with Crippen molar-refractivity contribution in [2.45, 2.75) is 65.5 Å². The van der Waals surface area contributed by atoms with Gasteiger partial charge in [-0.2, -0.15) is 4.33 Å². The predicted molar refractivity (Wildman–Crippen MR) is 169 cm³/mol. The van der Waals surface area contributed by atoms with Gasteiger partial charge in [-0.25, -0.2) is 13.3 Å². The fraction of sp³-hybridized carbons (Fsp3) is 0.400. The molecular weight excluding hydrogens is 581 g/mol. The van der Waals surface area contributed by atoms with Crippen LogP contribution in [0.5, 0.6) is 0 Å². The summed E-state index contributed by atoms with van der Waals surface area (Å²) in [4.78, 5) is 13.2.